The van der Waals surface area contributed by atoms with Gasteiger partial charge in [-0.05, 0) is 22.2 Å². The molecule has 0 atom stereocenters. The van der Waals surface area contributed by atoms with Crippen LogP contribution in [0.5, 0.6) is 0 Å². The molecule has 0 saturated carbocycles. The molecule has 0 spiro atoms. The number of hydrogen-bond acceptors (Lipinski definition) is 6. The van der Waals surface area contributed by atoms with E-state index in [4.69, 9.17) is 4.62 Å². The van der Waals surface area contributed by atoms with Crippen molar-refractivity contribution in [2.75, 3.05) is 42.3 Å². The van der Waals surface area contributed by atoms with Crippen molar-refractivity contribution >= 4 is 27.1 Å². The van der Waals surface area contributed by atoms with Gasteiger partial charge in [-0.3, -0.25) is 4.70 Å². The summed E-state index contributed by atoms with van der Waals surface area (Å²) in [5.74, 6) is 0. The zero-order chi connectivity index (χ0) is 20.4. The normalized spacial score (nSPS) is 13.8. The molecule has 7 nitrogen and oxygen atoms in total. The van der Waals surface area contributed by atoms with E-state index in [9.17, 15) is 21.0 Å². The Kier molecular flexibility index (Phi) is 8.42. The summed E-state index contributed by atoms with van der Waals surface area (Å²) in [6.07, 6.45) is 0. The van der Waals surface area contributed by atoms with Gasteiger partial charge >= 0.3 is 37.1 Å². The van der Waals surface area contributed by atoms with Crippen LogP contribution in [0.25, 0.3) is 11.0 Å². The van der Waals surface area contributed by atoms with E-state index >= 15 is 0 Å². The summed E-state index contributed by atoms with van der Waals surface area (Å²) in [7, 11) is 1.35. The van der Waals surface area contributed by atoms with Gasteiger partial charge in [0.1, 0.15) is 11.0 Å². The number of rotatable bonds is 5. The van der Waals surface area contributed by atoms with Gasteiger partial charge < -0.3 is 0 Å². The van der Waals surface area contributed by atoms with Gasteiger partial charge in [0, 0.05) is 42.3 Å². The second-order valence-electron chi connectivity index (χ2n) is 5.73. The van der Waals surface area contributed by atoms with E-state index in [1.807, 2.05) is 66.6 Å². The molecule has 0 fully saturated rings. The van der Waals surface area contributed by atoms with E-state index < -0.39 is 16.1 Å². The maximum absolute atomic E-state index is 9.84. The molecule has 1 heterocycles. The van der Waals surface area contributed by atoms with E-state index in [-0.39, 0.29) is 4.70 Å². The maximum atomic E-state index is 9.84. The van der Waals surface area contributed by atoms with E-state index in [0.29, 0.717) is 0 Å². The first kappa shape index (κ1) is 25.7. The molecule has 0 aliphatic heterocycles. The second kappa shape index (κ2) is 8.83. The molecule has 0 radical (unpaired) electrons. The number of nitrogens with zero attached hydrogens (tertiary/aromatic N) is 6. The van der Waals surface area contributed by atoms with Crippen LogP contribution in [0, 0.1) is 0 Å². The molecule has 0 aliphatic carbocycles. The fourth-order valence-corrected chi connectivity index (χ4v) is 5.22. The van der Waals surface area contributed by atoms with Crippen LogP contribution in [0.3, 0.4) is 0 Å². The third-order valence-electron chi connectivity index (χ3n) is 3.07. The van der Waals surface area contributed by atoms with Gasteiger partial charge in [0.25, 0.3) is 0 Å². The Labute approximate surface area is 154 Å². The fourth-order valence-electron chi connectivity index (χ4n) is 2.30. The van der Waals surface area contributed by atoms with Crippen molar-refractivity contribution in [2.45, 2.75) is 0 Å². The summed E-state index contributed by atoms with van der Waals surface area (Å²) in [6, 6.07) is 7.76. The Balaban J connectivity index is 0.000000842. The predicted molar refractivity (Wildman–Crippen MR) is 97.1 cm³/mol. The Morgan fingerprint density at radius 3 is 1.70 bits per heavy atom. The first-order valence-electron chi connectivity index (χ1n) is 7.17. The van der Waals surface area contributed by atoms with E-state index in [1.54, 1.807) is 0 Å². The molecular formula is C12H23F6N6OP2+. The third kappa shape index (κ3) is 7.34. The third-order valence-corrected chi connectivity index (χ3v) is 6.57. The van der Waals surface area contributed by atoms with Crippen LogP contribution in [-0.4, -0.2) is 71.5 Å². The molecule has 0 unspecified atom stereocenters. The van der Waals surface area contributed by atoms with Crippen LogP contribution in [0.4, 0.5) is 25.7 Å². The quantitative estimate of drug-likeness (QED) is 0.507. The average Bonchev–Trinajstić information content (AvgIpc) is 2.83. The number of halogens is 6. The van der Waals surface area contributed by atoms with Crippen molar-refractivity contribution in [1.82, 2.24) is 29.2 Å². The van der Waals surface area contributed by atoms with Crippen molar-refractivity contribution in [3.63, 3.8) is 0 Å². The first-order valence-corrected chi connectivity index (χ1v) is 10.4. The summed E-state index contributed by atoms with van der Waals surface area (Å²) in [5.41, 5.74) is 1.68. The Morgan fingerprint density at radius 2 is 1.30 bits per heavy atom. The molecule has 0 N–H and O–H groups in total. The van der Waals surface area contributed by atoms with Crippen molar-refractivity contribution in [1.29, 1.82) is 0 Å². The van der Waals surface area contributed by atoms with Crippen molar-refractivity contribution in [3.8, 4) is 0 Å². The fraction of sp³-hybridized carbons (Fsp3) is 0.500. The van der Waals surface area contributed by atoms with Crippen LogP contribution in [-0.2, 0) is 0 Å². The Bertz CT molecular complexity index is 697. The SMILES string of the molecule is CN(C)[P+](On1nnc2ccccc21)(N(C)C)N(C)C.F.FP(F)(F)(F)F. The van der Waals surface area contributed by atoms with Gasteiger partial charge in [-0.15, -0.1) is 19.1 Å². The number of benzene rings is 1. The summed E-state index contributed by atoms with van der Waals surface area (Å²) in [5, 5.41) is 8.25. The molecule has 0 bridgehead atoms. The summed E-state index contributed by atoms with van der Waals surface area (Å²) in [4.78, 5) is 1.52. The van der Waals surface area contributed by atoms with Gasteiger partial charge in [0.15, 0.2) is 0 Å². The number of aromatic nitrogens is 3. The van der Waals surface area contributed by atoms with Crippen LogP contribution in [0.1, 0.15) is 0 Å². The molecular weight excluding hydrogens is 420 g/mol. The molecule has 1 aromatic heterocycles. The predicted octanol–water partition coefficient (Wildman–Crippen LogP) is 4.34. The first-order chi connectivity index (χ1) is 11.6. The second-order valence-corrected chi connectivity index (χ2v) is 10.6. The zero-order valence-electron chi connectivity index (χ0n) is 15.6. The van der Waals surface area contributed by atoms with Crippen molar-refractivity contribution < 1.29 is 30.3 Å². The molecule has 0 saturated heterocycles. The van der Waals surface area contributed by atoms with Crippen LogP contribution in [0.15, 0.2) is 24.3 Å². The molecule has 15 heteroatoms. The van der Waals surface area contributed by atoms with Gasteiger partial charge in [0.2, 0.25) is 0 Å². The zero-order valence-corrected chi connectivity index (χ0v) is 17.4. The molecule has 0 amide bonds. The summed E-state index contributed by atoms with van der Waals surface area (Å²) >= 11 is 0. The Hall–Kier alpha value is -1.26. The van der Waals surface area contributed by atoms with E-state index in [2.05, 4.69) is 24.3 Å². The van der Waals surface area contributed by atoms with Crippen molar-refractivity contribution in [3.05, 3.63) is 24.3 Å². The van der Waals surface area contributed by atoms with Crippen LogP contribution < -0.4 is 4.62 Å². The Morgan fingerprint density at radius 1 is 0.889 bits per heavy atom. The van der Waals surface area contributed by atoms with Crippen LogP contribution in [0.2, 0.25) is 0 Å². The molecule has 27 heavy (non-hydrogen) atoms. The van der Waals surface area contributed by atoms with Crippen molar-refractivity contribution in [2.24, 2.45) is 0 Å². The average molecular weight is 443 g/mol. The topological polar surface area (TPSA) is 49.7 Å². The molecule has 1 aromatic carbocycles. The number of fused-ring (bicyclic) bond motifs is 1. The van der Waals surface area contributed by atoms with Gasteiger partial charge in [0.05, 0.1) is 0 Å². The molecule has 0 aliphatic rings. The van der Waals surface area contributed by atoms with E-state index in [0.717, 1.165) is 11.0 Å². The van der Waals surface area contributed by atoms with Gasteiger partial charge in [-0.1, -0.05) is 12.1 Å². The van der Waals surface area contributed by atoms with Gasteiger partial charge in [-0.2, -0.15) is 4.62 Å². The number of para-hydroxylation sites is 1. The molecule has 2 rings (SSSR count). The molecule has 158 valence electrons. The summed E-state index contributed by atoms with van der Waals surface area (Å²) in [6.45, 7) is 0. The standard InChI is InChI=1S/C12H22N6OP.F5P.FH/c1-15(2)20(16(3)4,17(5)6)19-18-12-10-8-7-9-11(12)13-14-18;1-6(2,3,4)5;/h7-10H,1-6H3;;1H/q+1;;. The monoisotopic (exact) mass is 443 g/mol. The van der Waals surface area contributed by atoms with E-state index in [1.165, 1.54) is 4.85 Å². The minimum atomic E-state index is -8.55. The summed E-state index contributed by atoms with van der Waals surface area (Å²) < 4.78 is 61.7. The van der Waals surface area contributed by atoms with Gasteiger partial charge in [-0.25, -0.2) is 0 Å². The number of hydrogen-bond donors (Lipinski definition) is 0. The molecule has 2 aromatic rings. The minimum absolute atomic E-state index is 0. The van der Waals surface area contributed by atoms with Crippen LogP contribution >= 0.6 is 16.1 Å².